The molecular formula is C17H12Cl2N2O3. The van der Waals surface area contributed by atoms with Crippen LogP contribution in [0.1, 0.15) is 26.3 Å². The smallest absolute Gasteiger partial charge is 0.261 e. The van der Waals surface area contributed by atoms with E-state index in [0.29, 0.717) is 32.4 Å². The lowest BCUT2D eigenvalue weighted by atomic mass is 10.1. The molecule has 0 fully saturated rings. The number of fused-ring (bicyclic) bond motifs is 1. The molecule has 1 aliphatic rings. The summed E-state index contributed by atoms with van der Waals surface area (Å²) in [6, 6.07) is 11.6. The average molecular weight is 363 g/mol. The molecule has 1 heterocycles. The third kappa shape index (κ3) is 2.88. The molecule has 0 radical (unpaired) electrons. The molecule has 2 amide bonds. The Morgan fingerprint density at radius 3 is 2.25 bits per heavy atom. The van der Waals surface area contributed by atoms with E-state index in [1.165, 1.54) is 7.11 Å². The Balaban J connectivity index is 1.95. The normalized spacial score (nSPS) is 14.1. The van der Waals surface area contributed by atoms with Crippen molar-refractivity contribution in [1.82, 2.24) is 4.90 Å². The van der Waals surface area contributed by atoms with Gasteiger partial charge in [0.25, 0.3) is 11.8 Å². The van der Waals surface area contributed by atoms with E-state index in [9.17, 15) is 9.59 Å². The zero-order chi connectivity index (χ0) is 17.3. The molecule has 0 N–H and O–H groups in total. The molecule has 0 atom stereocenters. The van der Waals surface area contributed by atoms with Gasteiger partial charge in [0.15, 0.2) is 0 Å². The zero-order valence-electron chi connectivity index (χ0n) is 12.6. The molecular weight excluding hydrogens is 351 g/mol. The highest BCUT2D eigenvalue weighted by Gasteiger charge is 2.36. The van der Waals surface area contributed by atoms with Crippen LogP contribution in [0, 0.1) is 0 Å². The Hall–Kier alpha value is -2.37. The Bertz CT molecular complexity index is 830. The van der Waals surface area contributed by atoms with Crippen molar-refractivity contribution in [3.63, 3.8) is 0 Å². The molecule has 3 rings (SSSR count). The highest BCUT2D eigenvalue weighted by Crippen LogP contribution is 2.25. The second-order valence-electron chi connectivity index (χ2n) is 5.09. The van der Waals surface area contributed by atoms with Gasteiger partial charge in [0, 0.05) is 10.6 Å². The van der Waals surface area contributed by atoms with Crippen molar-refractivity contribution in [2.45, 2.75) is 0 Å². The molecule has 2 aromatic carbocycles. The highest BCUT2D eigenvalue weighted by atomic mass is 35.5. The molecule has 0 saturated heterocycles. The van der Waals surface area contributed by atoms with Crippen LogP contribution in [-0.4, -0.2) is 36.1 Å². The topological polar surface area (TPSA) is 59.0 Å². The number of rotatable bonds is 4. The van der Waals surface area contributed by atoms with Crippen LogP contribution in [0.5, 0.6) is 0 Å². The monoisotopic (exact) mass is 362 g/mol. The molecule has 0 saturated carbocycles. The van der Waals surface area contributed by atoms with Crippen molar-refractivity contribution in [2.24, 2.45) is 5.16 Å². The summed E-state index contributed by atoms with van der Waals surface area (Å²) in [5, 5.41) is 4.75. The highest BCUT2D eigenvalue weighted by molar-refractivity contribution is 6.37. The van der Waals surface area contributed by atoms with Crippen LogP contribution in [-0.2, 0) is 4.84 Å². The molecule has 1 aliphatic heterocycles. The summed E-state index contributed by atoms with van der Waals surface area (Å²) in [7, 11) is 1.38. The number of amides is 2. The van der Waals surface area contributed by atoms with E-state index in [4.69, 9.17) is 28.0 Å². The first-order valence-electron chi connectivity index (χ1n) is 7.03. The predicted octanol–water partition coefficient (Wildman–Crippen LogP) is 3.64. The summed E-state index contributed by atoms with van der Waals surface area (Å²) in [6.07, 6.45) is 0. The van der Waals surface area contributed by atoms with E-state index in [1.807, 2.05) is 0 Å². The second-order valence-corrected chi connectivity index (χ2v) is 5.93. The maximum atomic E-state index is 12.5. The van der Waals surface area contributed by atoms with Crippen LogP contribution in [0.4, 0.5) is 0 Å². The van der Waals surface area contributed by atoms with Gasteiger partial charge in [0.2, 0.25) is 0 Å². The van der Waals surface area contributed by atoms with Gasteiger partial charge in [-0.15, -0.1) is 0 Å². The molecule has 2 aromatic rings. The van der Waals surface area contributed by atoms with Gasteiger partial charge >= 0.3 is 0 Å². The number of hydrogen-bond acceptors (Lipinski definition) is 4. The van der Waals surface area contributed by atoms with Crippen molar-refractivity contribution in [2.75, 3.05) is 13.7 Å². The summed E-state index contributed by atoms with van der Waals surface area (Å²) in [5.41, 5.74) is 1.65. The lowest BCUT2D eigenvalue weighted by Crippen LogP contribution is -2.35. The minimum Gasteiger partial charge on any atom is -0.399 e. The maximum Gasteiger partial charge on any atom is 0.261 e. The van der Waals surface area contributed by atoms with Crippen LogP contribution in [0.3, 0.4) is 0 Å². The number of halogens is 2. The summed E-state index contributed by atoms with van der Waals surface area (Å²) in [4.78, 5) is 30.9. The summed E-state index contributed by atoms with van der Waals surface area (Å²) in [6.45, 7) is -0.0540. The Morgan fingerprint density at radius 2 is 1.71 bits per heavy atom. The van der Waals surface area contributed by atoms with Crippen molar-refractivity contribution < 1.29 is 14.4 Å². The van der Waals surface area contributed by atoms with E-state index in [0.717, 1.165) is 4.90 Å². The van der Waals surface area contributed by atoms with E-state index in [2.05, 4.69) is 5.16 Å². The Kier molecular flexibility index (Phi) is 4.55. The van der Waals surface area contributed by atoms with Gasteiger partial charge in [-0.25, -0.2) is 0 Å². The minimum absolute atomic E-state index is 0.0540. The second kappa shape index (κ2) is 6.63. The summed E-state index contributed by atoms with van der Waals surface area (Å²) >= 11 is 12.1. The van der Waals surface area contributed by atoms with E-state index in [1.54, 1.807) is 42.5 Å². The van der Waals surface area contributed by atoms with Crippen LogP contribution in [0.2, 0.25) is 10.0 Å². The molecule has 122 valence electrons. The van der Waals surface area contributed by atoms with Gasteiger partial charge in [0.05, 0.1) is 22.7 Å². The maximum absolute atomic E-state index is 12.5. The van der Waals surface area contributed by atoms with Crippen LogP contribution < -0.4 is 0 Å². The van der Waals surface area contributed by atoms with Crippen molar-refractivity contribution in [3.05, 3.63) is 69.2 Å². The van der Waals surface area contributed by atoms with Crippen LogP contribution in [0.25, 0.3) is 0 Å². The number of oxime groups is 1. The fourth-order valence-electron chi connectivity index (χ4n) is 2.53. The molecule has 0 spiro atoms. The van der Waals surface area contributed by atoms with Crippen LogP contribution in [0.15, 0.2) is 47.6 Å². The van der Waals surface area contributed by atoms with Gasteiger partial charge < -0.3 is 4.84 Å². The van der Waals surface area contributed by atoms with E-state index < -0.39 is 0 Å². The molecule has 0 aliphatic carbocycles. The number of hydrogen-bond donors (Lipinski definition) is 0. The molecule has 0 aromatic heterocycles. The molecule has 0 unspecified atom stereocenters. The van der Waals surface area contributed by atoms with Gasteiger partial charge in [-0.05, 0) is 30.3 Å². The zero-order valence-corrected chi connectivity index (χ0v) is 14.1. The first-order chi connectivity index (χ1) is 11.5. The van der Waals surface area contributed by atoms with Crippen molar-refractivity contribution >= 4 is 40.7 Å². The summed E-state index contributed by atoms with van der Waals surface area (Å²) in [5.74, 6) is -0.742. The number of carbonyl (C=O) groups excluding carboxylic acids is 2. The molecule has 24 heavy (non-hydrogen) atoms. The predicted molar refractivity (Wildman–Crippen MR) is 91.8 cm³/mol. The lowest BCUT2D eigenvalue weighted by Gasteiger charge is -2.16. The molecule has 5 nitrogen and oxygen atoms in total. The third-order valence-corrected chi connectivity index (χ3v) is 4.18. The van der Waals surface area contributed by atoms with Crippen molar-refractivity contribution in [3.8, 4) is 0 Å². The number of nitrogens with zero attached hydrogens (tertiary/aromatic N) is 2. The fraction of sp³-hybridized carbons (Fsp3) is 0.118. The molecule has 0 bridgehead atoms. The van der Waals surface area contributed by atoms with Crippen molar-refractivity contribution in [1.29, 1.82) is 0 Å². The Morgan fingerprint density at radius 1 is 1.08 bits per heavy atom. The first kappa shape index (κ1) is 16.5. The van der Waals surface area contributed by atoms with Gasteiger partial charge in [-0.2, -0.15) is 0 Å². The standard InChI is InChI=1S/C17H12Cl2N2O3/c1-24-20-15(13-7-6-10(18)8-14(13)19)9-21-16(22)11-4-2-3-5-12(11)17(21)23/h2-8H,9H2,1H3/b20-15+. The number of imide groups is 1. The largest absolute Gasteiger partial charge is 0.399 e. The van der Waals surface area contributed by atoms with E-state index >= 15 is 0 Å². The summed E-state index contributed by atoms with van der Waals surface area (Å²) < 4.78 is 0. The average Bonchev–Trinajstić information content (AvgIpc) is 2.80. The van der Waals surface area contributed by atoms with E-state index in [-0.39, 0.29) is 18.4 Å². The molecule has 7 heteroatoms. The van der Waals surface area contributed by atoms with Gasteiger partial charge in [-0.3, -0.25) is 14.5 Å². The van der Waals surface area contributed by atoms with Gasteiger partial charge in [-0.1, -0.05) is 40.5 Å². The fourth-order valence-corrected chi connectivity index (χ4v) is 3.05. The SMILES string of the molecule is CO/N=C(\CN1C(=O)c2ccccc2C1=O)c1ccc(Cl)cc1Cl. The number of carbonyl (C=O) groups is 2. The van der Waals surface area contributed by atoms with Crippen LogP contribution >= 0.6 is 23.2 Å². The third-order valence-electron chi connectivity index (χ3n) is 3.63. The quantitative estimate of drug-likeness (QED) is 0.473. The Labute approximate surface area is 148 Å². The van der Waals surface area contributed by atoms with Gasteiger partial charge in [0.1, 0.15) is 12.8 Å². The minimum atomic E-state index is -0.371. The number of benzene rings is 2. The lowest BCUT2D eigenvalue weighted by molar-refractivity contribution is 0.0676. The first-order valence-corrected chi connectivity index (χ1v) is 7.79.